The van der Waals surface area contributed by atoms with Crippen molar-refractivity contribution >= 4 is 21.8 Å². The lowest BCUT2D eigenvalue weighted by atomic mass is 10.2. The van der Waals surface area contributed by atoms with Crippen molar-refractivity contribution in [3.63, 3.8) is 0 Å². The largest absolute Gasteiger partial charge is 0.434 e. The maximum Gasteiger partial charge on any atom is 0.387 e. The summed E-state index contributed by atoms with van der Waals surface area (Å²) >= 11 is 3.25. The third-order valence-corrected chi connectivity index (χ3v) is 3.40. The van der Waals surface area contributed by atoms with E-state index >= 15 is 0 Å². The Labute approximate surface area is 133 Å². The van der Waals surface area contributed by atoms with Crippen LogP contribution in [-0.4, -0.2) is 27.3 Å². The van der Waals surface area contributed by atoms with Gasteiger partial charge in [0.2, 0.25) is 5.91 Å². The summed E-state index contributed by atoms with van der Waals surface area (Å²) in [5, 5.41) is 6.53. The molecule has 0 aliphatic heterocycles. The van der Waals surface area contributed by atoms with E-state index in [0.717, 1.165) is 0 Å². The molecule has 0 radical (unpaired) electrons. The van der Waals surface area contributed by atoms with Gasteiger partial charge in [0.15, 0.2) is 0 Å². The van der Waals surface area contributed by atoms with Crippen LogP contribution >= 0.6 is 15.9 Å². The number of carbonyl (C=O) groups excluding carboxylic acids is 1. The summed E-state index contributed by atoms with van der Waals surface area (Å²) in [4.78, 5) is 15.8. The second kappa shape index (κ2) is 7.30. The minimum Gasteiger partial charge on any atom is -0.434 e. The van der Waals surface area contributed by atoms with Gasteiger partial charge in [-0.15, -0.1) is 0 Å². The fourth-order valence-electron chi connectivity index (χ4n) is 1.76. The normalized spacial score (nSPS) is 12.2. The molecule has 1 aromatic heterocycles. The summed E-state index contributed by atoms with van der Waals surface area (Å²) in [6.45, 7) is -1.22. The number of halogens is 3. The first-order chi connectivity index (χ1) is 10.5. The van der Waals surface area contributed by atoms with Crippen LogP contribution in [0.5, 0.6) is 5.75 Å². The van der Waals surface area contributed by atoms with Gasteiger partial charge >= 0.3 is 6.61 Å². The van der Waals surface area contributed by atoms with Gasteiger partial charge in [-0.1, -0.05) is 15.9 Å². The molecule has 1 N–H and O–H groups in total. The van der Waals surface area contributed by atoms with E-state index < -0.39 is 12.7 Å². The fourth-order valence-corrected chi connectivity index (χ4v) is 2.17. The molecule has 0 fully saturated rings. The predicted octanol–water partition coefficient (Wildman–Crippen LogP) is 2.52. The van der Waals surface area contributed by atoms with Crippen LogP contribution in [0.4, 0.5) is 8.78 Å². The molecule has 9 heteroatoms. The number of carbonyl (C=O) groups is 1. The quantitative estimate of drug-likeness (QED) is 0.843. The van der Waals surface area contributed by atoms with Crippen LogP contribution in [0, 0.1) is 0 Å². The average Bonchev–Trinajstić information content (AvgIpc) is 3.00. The Morgan fingerprint density at radius 3 is 2.91 bits per heavy atom. The number of hydrogen-bond donors (Lipinski definition) is 1. The number of nitrogens with zero attached hydrogens (tertiary/aromatic N) is 3. The Kier molecular flexibility index (Phi) is 5.42. The highest BCUT2D eigenvalue weighted by Crippen LogP contribution is 2.24. The highest BCUT2D eigenvalue weighted by molar-refractivity contribution is 9.10. The lowest BCUT2D eigenvalue weighted by molar-refractivity contribution is -0.124. The third kappa shape index (κ3) is 4.23. The van der Waals surface area contributed by atoms with E-state index in [-0.39, 0.29) is 18.2 Å². The van der Waals surface area contributed by atoms with Gasteiger partial charge < -0.3 is 10.1 Å². The number of nitrogens with one attached hydrogen (secondary N) is 1. The monoisotopic (exact) mass is 374 g/mol. The van der Waals surface area contributed by atoms with Gasteiger partial charge in [0, 0.05) is 16.6 Å². The van der Waals surface area contributed by atoms with Gasteiger partial charge in [0.05, 0.1) is 0 Å². The van der Waals surface area contributed by atoms with E-state index in [1.807, 2.05) is 0 Å². The first-order valence-corrected chi connectivity index (χ1v) is 7.11. The predicted molar refractivity (Wildman–Crippen MR) is 77.4 cm³/mol. The molecule has 1 unspecified atom stereocenters. The second-order valence-corrected chi connectivity index (χ2v) is 5.32. The summed E-state index contributed by atoms with van der Waals surface area (Å²) in [6.07, 6.45) is 2.75. The number of rotatable bonds is 6. The van der Waals surface area contributed by atoms with Crippen molar-refractivity contribution in [1.82, 2.24) is 20.1 Å². The zero-order valence-electron chi connectivity index (χ0n) is 11.5. The first-order valence-electron chi connectivity index (χ1n) is 6.32. The zero-order chi connectivity index (χ0) is 16.1. The number of alkyl halides is 2. The third-order valence-electron chi connectivity index (χ3n) is 2.90. The lowest BCUT2D eigenvalue weighted by Gasteiger charge is -2.14. The number of ether oxygens (including phenoxy) is 1. The molecule has 1 heterocycles. The van der Waals surface area contributed by atoms with Crippen LogP contribution in [0.2, 0.25) is 0 Å². The Morgan fingerprint density at radius 1 is 1.50 bits per heavy atom. The first kappa shape index (κ1) is 16.3. The van der Waals surface area contributed by atoms with Gasteiger partial charge in [-0.2, -0.15) is 13.9 Å². The van der Waals surface area contributed by atoms with E-state index in [4.69, 9.17) is 0 Å². The summed E-state index contributed by atoms with van der Waals surface area (Å²) < 4.78 is 31.3. The fraction of sp³-hybridized carbons (Fsp3) is 0.308. The molecule has 1 atom stereocenters. The molecule has 0 saturated carbocycles. The van der Waals surface area contributed by atoms with Gasteiger partial charge in [-0.25, -0.2) is 9.67 Å². The molecule has 2 rings (SSSR count). The molecule has 0 aliphatic carbocycles. The standard InChI is InChI=1S/C13H13BrF2N4O2/c1-8(20-7-17-6-19-20)12(21)18-5-9-4-10(14)2-3-11(9)22-13(15)16/h2-4,6-8,13H,5H2,1H3,(H,18,21). The van der Waals surface area contributed by atoms with E-state index in [2.05, 4.69) is 36.1 Å². The molecule has 2 aromatic rings. The molecule has 0 saturated heterocycles. The molecule has 0 aliphatic rings. The van der Waals surface area contributed by atoms with Crippen molar-refractivity contribution in [1.29, 1.82) is 0 Å². The van der Waals surface area contributed by atoms with Crippen molar-refractivity contribution in [2.24, 2.45) is 0 Å². The Balaban J connectivity index is 2.04. The minimum atomic E-state index is -2.93. The van der Waals surface area contributed by atoms with Crippen molar-refractivity contribution in [3.8, 4) is 5.75 Å². The SMILES string of the molecule is CC(C(=O)NCc1cc(Br)ccc1OC(F)F)n1cncn1. The van der Waals surface area contributed by atoms with Gasteiger partial charge in [0.25, 0.3) is 0 Å². The van der Waals surface area contributed by atoms with Gasteiger partial charge in [-0.3, -0.25) is 4.79 Å². The topological polar surface area (TPSA) is 69.0 Å². The lowest BCUT2D eigenvalue weighted by Crippen LogP contribution is -2.31. The van der Waals surface area contributed by atoms with E-state index in [1.54, 1.807) is 19.1 Å². The Bertz CT molecular complexity index is 637. The van der Waals surface area contributed by atoms with Crippen LogP contribution < -0.4 is 10.1 Å². The molecule has 0 spiro atoms. The van der Waals surface area contributed by atoms with Crippen LogP contribution in [0.1, 0.15) is 18.5 Å². The van der Waals surface area contributed by atoms with Crippen molar-refractivity contribution in [3.05, 3.63) is 40.9 Å². The van der Waals surface area contributed by atoms with E-state index in [1.165, 1.54) is 23.4 Å². The summed E-state index contributed by atoms with van der Waals surface area (Å²) in [5.74, 6) is -0.291. The second-order valence-electron chi connectivity index (χ2n) is 4.40. The molecule has 6 nitrogen and oxygen atoms in total. The maximum atomic E-state index is 12.4. The number of benzene rings is 1. The highest BCUT2D eigenvalue weighted by atomic mass is 79.9. The van der Waals surface area contributed by atoms with Crippen LogP contribution in [-0.2, 0) is 11.3 Å². The smallest absolute Gasteiger partial charge is 0.387 e. The summed E-state index contributed by atoms with van der Waals surface area (Å²) in [6, 6.07) is 4.05. The number of amides is 1. The number of aromatic nitrogens is 3. The molecule has 0 bridgehead atoms. The molecule has 1 amide bonds. The Morgan fingerprint density at radius 2 is 2.27 bits per heavy atom. The van der Waals surface area contributed by atoms with E-state index in [0.29, 0.717) is 10.0 Å². The average molecular weight is 375 g/mol. The highest BCUT2D eigenvalue weighted by Gasteiger charge is 2.16. The summed E-state index contributed by atoms with van der Waals surface area (Å²) in [5.41, 5.74) is 0.439. The Hall–Kier alpha value is -2.03. The maximum absolute atomic E-state index is 12.4. The molecule has 118 valence electrons. The van der Waals surface area contributed by atoms with E-state index in [9.17, 15) is 13.6 Å². The van der Waals surface area contributed by atoms with Crippen LogP contribution in [0.25, 0.3) is 0 Å². The molecule has 1 aromatic carbocycles. The molecular formula is C13H13BrF2N4O2. The van der Waals surface area contributed by atoms with Crippen molar-refractivity contribution in [2.75, 3.05) is 0 Å². The van der Waals surface area contributed by atoms with Crippen LogP contribution in [0.15, 0.2) is 35.3 Å². The molecule has 22 heavy (non-hydrogen) atoms. The summed E-state index contributed by atoms with van der Waals surface area (Å²) in [7, 11) is 0. The molecular weight excluding hydrogens is 362 g/mol. The van der Waals surface area contributed by atoms with Gasteiger partial charge in [-0.05, 0) is 25.1 Å². The van der Waals surface area contributed by atoms with Crippen molar-refractivity contribution < 1.29 is 18.3 Å². The van der Waals surface area contributed by atoms with Crippen LogP contribution in [0.3, 0.4) is 0 Å². The number of hydrogen-bond acceptors (Lipinski definition) is 4. The zero-order valence-corrected chi connectivity index (χ0v) is 13.1. The minimum absolute atomic E-state index is 0.0203. The van der Waals surface area contributed by atoms with Crippen molar-refractivity contribution in [2.45, 2.75) is 26.1 Å². The van der Waals surface area contributed by atoms with Gasteiger partial charge in [0.1, 0.15) is 24.4 Å².